The molecule has 0 unspecified atom stereocenters. The van der Waals surface area contributed by atoms with E-state index < -0.39 is 0 Å². The lowest BCUT2D eigenvalue weighted by molar-refractivity contribution is 0.0159. The Morgan fingerprint density at radius 1 is 0.531 bits per heavy atom. The number of hydrogen-bond donors (Lipinski definition) is 0. The SMILES string of the molecule is COCCOCCOCCOc1cc(C#N)c(C#N)cc1OCCOCCOCCOC. The quantitative estimate of drug-likeness (QED) is 0.269. The minimum Gasteiger partial charge on any atom is -0.487 e. The van der Waals surface area contributed by atoms with Crippen molar-refractivity contribution in [3.05, 3.63) is 23.3 Å². The molecule has 10 heteroatoms. The molecule has 0 aliphatic rings. The first-order valence-corrected chi connectivity index (χ1v) is 10.3. The van der Waals surface area contributed by atoms with Crippen molar-refractivity contribution in [1.29, 1.82) is 10.5 Å². The van der Waals surface area contributed by atoms with Gasteiger partial charge in [0.25, 0.3) is 0 Å². The number of methoxy groups -OCH3 is 2. The number of nitrogens with zero attached hydrogens (tertiary/aromatic N) is 2. The summed E-state index contributed by atoms with van der Waals surface area (Å²) in [5, 5.41) is 18.5. The molecule has 178 valence electrons. The van der Waals surface area contributed by atoms with Crippen LogP contribution in [0.2, 0.25) is 0 Å². The van der Waals surface area contributed by atoms with Gasteiger partial charge in [-0.3, -0.25) is 0 Å². The minimum atomic E-state index is 0.215. The number of rotatable bonds is 20. The van der Waals surface area contributed by atoms with Gasteiger partial charge in [0.1, 0.15) is 25.4 Å². The topological polar surface area (TPSA) is 121 Å². The van der Waals surface area contributed by atoms with E-state index in [9.17, 15) is 10.5 Å². The standard InChI is InChI=1S/C22H32N2O8/c1-25-3-5-27-7-9-29-11-13-31-21-15-19(17-23)20(18-24)16-22(21)32-14-12-30-10-8-28-6-4-26-2/h15-16H,3-14H2,1-2H3. The summed E-state index contributed by atoms with van der Waals surface area (Å²) in [5.41, 5.74) is 0.429. The first-order valence-electron chi connectivity index (χ1n) is 10.3. The Labute approximate surface area is 189 Å². The summed E-state index contributed by atoms with van der Waals surface area (Å²) in [4.78, 5) is 0. The van der Waals surface area contributed by atoms with Gasteiger partial charge >= 0.3 is 0 Å². The highest BCUT2D eigenvalue weighted by molar-refractivity contribution is 5.56. The van der Waals surface area contributed by atoms with Crippen molar-refractivity contribution in [2.24, 2.45) is 0 Å². The maximum absolute atomic E-state index is 9.26. The second-order valence-electron chi connectivity index (χ2n) is 6.20. The zero-order chi connectivity index (χ0) is 23.3. The Balaban J connectivity index is 2.41. The van der Waals surface area contributed by atoms with E-state index in [4.69, 9.17) is 37.9 Å². The molecule has 1 aromatic carbocycles. The molecule has 0 amide bonds. The van der Waals surface area contributed by atoms with Crippen molar-refractivity contribution in [3.63, 3.8) is 0 Å². The zero-order valence-corrected chi connectivity index (χ0v) is 18.8. The van der Waals surface area contributed by atoms with Crippen LogP contribution in [0.5, 0.6) is 11.5 Å². The van der Waals surface area contributed by atoms with E-state index in [0.29, 0.717) is 77.6 Å². The van der Waals surface area contributed by atoms with E-state index in [1.165, 1.54) is 12.1 Å². The van der Waals surface area contributed by atoms with Gasteiger partial charge in [0.05, 0.1) is 77.2 Å². The molecule has 0 spiro atoms. The first kappa shape index (κ1) is 27.6. The monoisotopic (exact) mass is 452 g/mol. The van der Waals surface area contributed by atoms with Crippen LogP contribution in [-0.2, 0) is 28.4 Å². The fourth-order valence-electron chi connectivity index (χ4n) is 2.32. The van der Waals surface area contributed by atoms with Crippen molar-refractivity contribution in [2.75, 3.05) is 93.5 Å². The molecule has 0 saturated heterocycles. The smallest absolute Gasteiger partial charge is 0.162 e. The van der Waals surface area contributed by atoms with Gasteiger partial charge in [0.15, 0.2) is 11.5 Å². The van der Waals surface area contributed by atoms with Crippen LogP contribution in [0.25, 0.3) is 0 Å². The Bertz CT molecular complexity index is 643. The van der Waals surface area contributed by atoms with Crippen LogP contribution in [-0.4, -0.2) is 93.5 Å². The van der Waals surface area contributed by atoms with Gasteiger partial charge < -0.3 is 37.9 Å². The van der Waals surface area contributed by atoms with Gasteiger partial charge in [-0.05, 0) is 0 Å². The van der Waals surface area contributed by atoms with Gasteiger partial charge in [-0.15, -0.1) is 0 Å². The van der Waals surface area contributed by atoms with Crippen molar-refractivity contribution in [3.8, 4) is 23.6 Å². The molecule has 0 saturated carbocycles. The maximum Gasteiger partial charge on any atom is 0.162 e. The molecule has 0 N–H and O–H groups in total. The van der Waals surface area contributed by atoms with Gasteiger partial charge in [-0.25, -0.2) is 0 Å². The molecular formula is C22H32N2O8. The number of hydrogen-bond acceptors (Lipinski definition) is 10. The van der Waals surface area contributed by atoms with Crippen LogP contribution in [0.1, 0.15) is 11.1 Å². The fraction of sp³-hybridized carbons (Fsp3) is 0.636. The van der Waals surface area contributed by atoms with Crippen LogP contribution in [0.15, 0.2) is 12.1 Å². The number of nitriles is 2. The van der Waals surface area contributed by atoms with Gasteiger partial charge in [0, 0.05) is 26.4 Å². The predicted octanol–water partition coefficient (Wildman–Crippen LogP) is 1.55. The lowest BCUT2D eigenvalue weighted by atomic mass is 10.1. The van der Waals surface area contributed by atoms with E-state index in [0.717, 1.165) is 0 Å². The molecule has 0 radical (unpaired) electrons. The first-order chi connectivity index (χ1) is 15.8. The summed E-state index contributed by atoms with van der Waals surface area (Å²) >= 11 is 0. The molecule has 10 nitrogen and oxygen atoms in total. The van der Waals surface area contributed by atoms with Crippen LogP contribution in [0, 0.1) is 22.7 Å². The Kier molecular flexibility index (Phi) is 16.6. The molecular weight excluding hydrogens is 420 g/mol. The van der Waals surface area contributed by atoms with Gasteiger partial charge in [0.2, 0.25) is 0 Å². The lowest BCUT2D eigenvalue weighted by Crippen LogP contribution is -2.14. The van der Waals surface area contributed by atoms with Crippen molar-refractivity contribution in [2.45, 2.75) is 0 Å². The second kappa shape index (κ2) is 19.3. The van der Waals surface area contributed by atoms with E-state index in [-0.39, 0.29) is 24.3 Å². The molecule has 1 rings (SSSR count). The predicted molar refractivity (Wildman–Crippen MR) is 114 cm³/mol. The van der Waals surface area contributed by atoms with Crippen molar-refractivity contribution < 1.29 is 37.9 Å². The largest absolute Gasteiger partial charge is 0.487 e. The summed E-state index contributed by atoms with van der Waals surface area (Å²) < 4.78 is 42.7. The molecule has 32 heavy (non-hydrogen) atoms. The zero-order valence-electron chi connectivity index (χ0n) is 18.8. The summed E-state index contributed by atoms with van der Waals surface area (Å²) in [7, 11) is 3.23. The average Bonchev–Trinajstić information content (AvgIpc) is 2.82. The maximum atomic E-state index is 9.26. The molecule has 0 aromatic heterocycles. The molecule has 0 fully saturated rings. The van der Waals surface area contributed by atoms with Gasteiger partial charge in [-0.2, -0.15) is 10.5 Å². The summed E-state index contributed by atoms with van der Waals surface area (Å²) in [5.74, 6) is 0.729. The van der Waals surface area contributed by atoms with Crippen LogP contribution in [0.4, 0.5) is 0 Å². The van der Waals surface area contributed by atoms with Crippen molar-refractivity contribution >= 4 is 0 Å². The lowest BCUT2D eigenvalue weighted by Gasteiger charge is -2.14. The second-order valence-corrected chi connectivity index (χ2v) is 6.20. The Morgan fingerprint density at radius 2 is 0.844 bits per heavy atom. The fourth-order valence-corrected chi connectivity index (χ4v) is 2.32. The van der Waals surface area contributed by atoms with E-state index in [1.807, 2.05) is 12.1 Å². The minimum absolute atomic E-state index is 0.215. The third kappa shape index (κ3) is 12.4. The van der Waals surface area contributed by atoms with E-state index in [1.54, 1.807) is 14.2 Å². The summed E-state index contributed by atoms with van der Waals surface area (Å²) in [6.07, 6.45) is 0. The van der Waals surface area contributed by atoms with Crippen LogP contribution < -0.4 is 9.47 Å². The van der Waals surface area contributed by atoms with E-state index in [2.05, 4.69) is 0 Å². The molecule has 0 bridgehead atoms. The highest BCUT2D eigenvalue weighted by Crippen LogP contribution is 2.30. The summed E-state index contributed by atoms with van der Waals surface area (Å²) in [6, 6.07) is 6.97. The molecule has 1 aromatic rings. The van der Waals surface area contributed by atoms with Crippen LogP contribution in [0.3, 0.4) is 0 Å². The number of ether oxygens (including phenoxy) is 8. The third-order valence-corrected chi connectivity index (χ3v) is 3.90. The van der Waals surface area contributed by atoms with Crippen LogP contribution >= 0.6 is 0 Å². The normalized spacial score (nSPS) is 10.5. The van der Waals surface area contributed by atoms with E-state index >= 15 is 0 Å². The molecule has 0 aliphatic carbocycles. The summed E-state index contributed by atoms with van der Waals surface area (Å²) in [6.45, 7) is 5.07. The third-order valence-electron chi connectivity index (χ3n) is 3.90. The Hall–Kier alpha value is -2.44. The molecule has 0 atom stereocenters. The highest BCUT2D eigenvalue weighted by atomic mass is 16.6. The average molecular weight is 453 g/mol. The Morgan fingerprint density at radius 3 is 1.16 bits per heavy atom. The molecule has 0 heterocycles. The highest BCUT2D eigenvalue weighted by Gasteiger charge is 2.12. The van der Waals surface area contributed by atoms with Gasteiger partial charge in [-0.1, -0.05) is 0 Å². The van der Waals surface area contributed by atoms with Crippen molar-refractivity contribution in [1.82, 2.24) is 0 Å². The number of benzene rings is 1. The molecule has 0 aliphatic heterocycles.